The average Bonchev–Trinajstić information content (AvgIpc) is 3.02. The molecule has 30 heavy (non-hydrogen) atoms. The summed E-state index contributed by atoms with van der Waals surface area (Å²) in [5.74, 6) is 0. The Morgan fingerprint density at radius 2 is 0.867 bits per heavy atom. The van der Waals surface area contributed by atoms with Crippen molar-refractivity contribution in [2.45, 2.75) is 77.8 Å². The number of pyridine rings is 2. The number of aromatic nitrogens is 2. The average molecular weight is 408 g/mol. The molecule has 4 heterocycles. The Balaban J connectivity index is 1.61. The van der Waals surface area contributed by atoms with Gasteiger partial charge >= 0.3 is 14.2 Å². The molecule has 158 valence electrons. The third-order valence-electron chi connectivity index (χ3n) is 6.88. The molecule has 8 heteroatoms. The quantitative estimate of drug-likeness (QED) is 0.729. The molecule has 2 fully saturated rings. The molecule has 0 spiro atoms. The topological polar surface area (TPSA) is 62.7 Å². The highest BCUT2D eigenvalue weighted by Crippen LogP contribution is 2.37. The molecular weight excluding hydrogens is 378 g/mol. The van der Waals surface area contributed by atoms with E-state index in [1.54, 1.807) is 12.4 Å². The van der Waals surface area contributed by atoms with Crippen molar-refractivity contribution in [1.82, 2.24) is 9.97 Å². The molecule has 6 nitrogen and oxygen atoms in total. The van der Waals surface area contributed by atoms with Crippen molar-refractivity contribution in [3.8, 4) is 11.4 Å². The fraction of sp³-hybridized carbons (Fsp3) is 0.545. The highest BCUT2D eigenvalue weighted by Gasteiger charge is 2.52. The van der Waals surface area contributed by atoms with Gasteiger partial charge in [-0.05, 0) is 90.6 Å². The van der Waals surface area contributed by atoms with Crippen LogP contribution in [0.15, 0.2) is 36.7 Å². The standard InChI is InChI=1S/C22H30B2N2O4/c1-19(2)20(3,4)28-23(27-19)15-9-11-25-17(13-15)18-14-16(10-12-26-18)24-29-21(5,6)22(7,8)30-24/h9-14H,1-8H3. The summed E-state index contributed by atoms with van der Waals surface area (Å²) in [6, 6.07) is 7.78. The van der Waals surface area contributed by atoms with Crippen molar-refractivity contribution < 1.29 is 18.6 Å². The maximum absolute atomic E-state index is 6.18. The second kappa shape index (κ2) is 6.89. The lowest BCUT2D eigenvalue weighted by Crippen LogP contribution is -2.41. The van der Waals surface area contributed by atoms with Crippen LogP contribution in [0.3, 0.4) is 0 Å². The smallest absolute Gasteiger partial charge is 0.399 e. The Bertz CT molecular complexity index is 852. The Kier molecular flexibility index (Phi) is 4.94. The molecule has 2 aliphatic rings. The molecular formula is C22H30B2N2O4. The van der Waals surface area contributed by atoms with E-state index in [-0.39, 0.29) is 0 Å². The summed E-state index contributed by atoms with van der Waals surface area (Å²) in [7, 11) is -0.883. The zero-order valence-corrected chi connectivity index (χ0v) is 19.1. The fourth-order valence-corrected chi connectivity index (χ4v) is 3.43. The van der Waals surface area contributed by atoms with Gasteiger partial charge in [-0.3, -0.25) is 9.97 Å². The lowest BCUT2D eigenvalue weighted by molar-refractivity contribution is 0.00578. The molecule has 2 aromatic rings. The predicted octanol–water partition coefficient (Wildman–Crippen LogP) is 2.74. The number of hydrogen-bond acceptors (Lipinski definition) is 6. The van der Waals surface area contributed by atoms with E-state index in [4.69, 9.17) is 18.6 Å². The van der Waals surface area contributed by atoms with Crippen LogP contribution in [0.2, 0.25) is 0 Å². The molecule has 0 amide bonds. The van der Waals surface area contributed by atoms with Crippen molar-refractivity contribution in [3.63, 3.8) is 0 Å². The highest BCUT2D eigenvalue weighted by molar-refractivity contribution is 6.62. The predicted molar refractivity (Wildman–Crippen MR) is 119 cm³/mol. The largest absolute Gasteiger partial charge is 0.494 e. The lowest BCUT2D eigenvalue weighted by Gasteiger charge is -2.32. The van der Waals surface area contributed by atoms with Crippen molar-refractivity contribution in [2.75, 3.05) is 0 Å². The van der Waals surface area contributed by atoms with Crippen LogP contribution in [0.25, 0.3) is 11.4 Å². The summed E-state index contributed by atoms with van der Waals surface area (Å²) in [6.07, 6.45) is 3.53. The van der Waals surface area contributed by atoms with Crippen LogP contribution in [-0.2, 0) is 18.6 Å². The molecule has 0 aromatic carbocycles. The normalized spacial score (nSPS) is 23.7. The molecule has 0 aliphatic carbocycles. The summed E-state index contributed by atoms with van der Waals surface area (Å²) >= 11 is 0. The third-order valence-corrected chi connectivity index (χ3v) is 6.88. The second-order valence-electron chi connectivity index (χ2n) is 10.1. The summed E-state index contributed by atoms with van der Waals surface area (Å²) in [4.78, 5) is 9.05. The first-order valence-electron chi connectivity index (χ1n) is 10.4. The summed E-state index contributed by atoms with van der Waals surface area (Å²) in [5, 5.41) is 0. The fourth-order valence-electron chi connectivity index (χ4n) is 3.43. The van der Waals surface area contributed by atoms with Crippen LogP contribution in [0.1, 0.15) is 55.4 Å². The summed E-state index contributed by atoms with van der Waals surface area (Å²) in [6.45, 7) is 16.4. The van der Waals surface area contributed by atoms with E-state index >= 15 is 0 Å². The van der Waals surface area contributed by atoms with Gasteiger partial charge in [-0.15, -0.1) is 0 Å². The van der Waals surface area contributed by atoms with E-state index in [0.29, 0.717) is 0 Å². The van der Waals surface area contributed by atoms with Crippen LogP contribution < -0.4 is 10.9 Å². The zero-order chi connectivity index (χ0) is 21.9. The lowest BCUT2D eigenvalue weighted by atomic mass is 9.78. The Hall–Kier alpha value is -1.73. The van der Waals surface area contributed by atoms with Crippen LogP contribution in [0, 0.1) is 0 Å². The Labute approximate surface area is 180 Å². The van der Waals surface area contributed by atoms with Gasteiger partial charge < -0.3 is 18.6 Å². The van der Waals surface area contributed by atoms with Gasteiger partial charge in [0.25, 0.3) is 0 Å². The minimum Gasteiger partial charge on any atom is -0.399 e. The van der Waals surface area contributed by atoms with E-state index in [1.807, 2.05) is 79.7 Å². The van der Waals surface area contributed by atoms with Crippen LogP contribution in [-0.4, -0.2) is 46.6 Å². The monoisotopic (exact) mass is 408 g/mol. The Morgan fingerprint density at radius 1 is 0.567 bits per heavy atom. The maximum atomic E-state index is 6.18. The van der Waals surface area contributed by atoms with E-state index in [1.165, 1.54) is 0 Å². The van der Waals surface area contributed by atoms with E-state index < -0.39 is 36.6 Å². The van der Waals surface area contributed by atoms with Crippen LogP contribution >= 0.6 is 0 Å². The van der Waals surface area contributed by atoms with E-state index in [0.717, 1.165) is 22.3 Å². The molecule has 0 N–H and O–H groups in total. The van der Waals surface area contributed by atoms with Crippen molar-refractivity contribution in [2.24, 2.45) is 0 Å². The number of nitrogens with zero attached hydrogens (tertiary/aromatic N) is 2. The van der Waals surface area contributed by atoms with Crippen molar-refractivity contribution in [3.05, 3.63) is 36.7 Å². The third kappa shape index (κ3) is 3.60. The first kappa shape index (κ1) is 21.5. The molecule has 2 aromatic heterocycles. The molecule has 0 radical (unpaired) electrons. The maximum Gasteiger partial charge on any atom is 0.494 e. The number of hydrogen-bond donors (Lipinski definition) is 0. The molecule has 0 saturated carbocycles. The first-order valence-corrected chi connectivity index (χ1v) is 10.4. The summed E-state index contributed by atoms with van der Waals surface area (Å²) in [5.41, 5.74) is 1.77. The first-order chi connectivity index (χ1) is 13.8. The SMILES string of the molecule is CC1(C)OB(c2ccnc(-c3cc(B4OC(C)(C)C(C)(C)O4)ccn3)c2)OC1(C)C. The van der Waals surface area contributed by atoms with Crippen LogP contribution in [0.5, 0.6) is 0 Å². The molecule has 2 saturated heterocycles. The minimum atomic E-state index is -0.442. The van der Waals surface area contributed by atoms with Gasteiger partial charge in [-0.1, -0.05) is 0 Å². The van der Waals surface area contributed by atoms with Gasteiger partial charge in [0.15, 0.2) is 0 Å². The summed E-state index contributed by atoms with van der Waals surface area (Å²) < 4.78 is 24.7. The van der Waals surface area contributed by atoms with Crippen molar-refractivity contribution in [1.29, 1.82) is 0 Å². The van der Waals surface area contributed by atoms with Gasteiger partial charge in [0.2, 0.25) is 0 Å². The molecule has 0 atom stereocenters. The number of rotatable bonds is 3. The molecule has 0 bridgehead atoms. The Morgan fingerprint density at radius 3 is 1.17 bits per heavy atom. The molecule has 0 unspecified atom stereocenters. The van der Waals surface area contributed by atoms with E-state index in [9.17, 15) is 0 Å². The van der Waals surface area contributed by atoms with Crippen LogP contribution in [0.4, 0.5) is 0 Å². The van der Waals surface area contributed by atoms with Gasteiger partial charge in [-0.2, -0.15) is 0 Å². The zero-order valence-electron chi connectivity index (χ0n) is 19.1. The van der Waals surface area contributed by atoms with Crippen molar-refractivity contribution >= 4 is 25.2 Å². The van der Waals surface area contributed by atoms with E-state index in [2.05, 4.69) is 9.97 Å². The molecule has 2 aliphatic heterocycles. The van der Waals surface area contributed by atoms with Gasteiger partial charge in [0, 0.05) is 12.4 Å². The minimum absolute atomic E-state index is 0.393. The second-order valence-corrected chi connectivity index (χ2v) is 10.1. The highest BCUT2D eigenvalue weighted by atomic mass is 16.7. The van der Waals surface area contributed by atoms with Gasteiger partial charge in [0.05, 0.1) is 33.8 Å². The molecule has 4 rings (SSSR count). The van der Waals surface area contributed by atoms with Gasteiger partial charge in [-0.25, -0.2) is 0 Å². The van der Waals surface area contributed by atoms with Gasteiger partial charge in [0.1, 0.15) is 0 Å².